The number of sulfonamides is 1. The Morgan fingerprint density at radius 3 is 2.41 bits per heavy atom. The Kier molecular flexibility index (Phi) is 5.00. The highest BCUT2D eigenvalue weighted by Crippen LogP contribution is 2.38. The maximum absolute atomic E-state index is 13.3. The molecule has 0 bridgehead atoms. The summed E-state index contributed by atoms with van der Waals surface area (Å²) in [7, 11) is -3.71. The molecule has 8 nitrogen and oxygen atoms in total. The van der Waals surface area contributed by atoms with Crippen LogP contribution in [0.4, 0.5) is 5.69 Å². The second-order valence-electron chi connectivity index (χ2n) is 8.60. The molecule has 1 saturated carbocycles. The Morgan fingerprint density at radius 1 is 1.00 bits per heavy atom. The molecule has 2 fully saturated rings. The minimum absolute atomic E-state index is 0.113. The first kappa shape index (κ1) is 20.7. The smallest absolute Gasteiger partial charge is 0.285 e. The molecule has 2 heterocycles. The fourth-order valence-electron chi connectivity index (χ4n) is 4.87. The van der Waals surface area contributed by atoms with Gasteiger partial charge in [-0.05, 0) is 49.2 Å². The van der Waals surface area contributed by atoms with Crippen molar-refractivity contribution in [2.75, 3.05) is 5.32 Å². The summed E-state index contributed by atoms with van der Waals surface area (Å²) >= 11 is 0. The Balaban J connectivity index is 1.36. The molecule has 9 heteroatoms. The Morgan fingerprint density at radius 2 is 1.69 bits per heavy atom. The number of amidine groups is 1. The molecule has 2 aromatic carbocycles. The molecule has 1 saturated heterocycles. The standard InChI is InChI=1S/C23H24N4O4S/c28-20-15-23(13-5-1-2-6-14-23)27(25-20)22(29)16-9-11-17(12-10-16)24-21-18-7-3-4-8-19(18)32(30,31)26-21/h3-4,7-12H,1-2,5-6,13-15H2,(H,24,26)(H,25,28). The van der Waals surface area contributed by atoms with Gasteiger partial charge in [0, 0.05) is 16.8 Å². The fourth-order valence-corrected chi connectivity index (χ4v) is 6.05. The van der Waals surface area contributed by atoms with Gasteiger partial charge in [-0.1, -0.05) is 37.8 Å². The molecule has 0 aromatic heterocycles. The van der Waals surface area contributed by atoms with Crippen molar-refractivity contribution in [3.05, 3.63) is 59.7 Å². The predicted octanol–water partition coefficient (Wildman–Crippen LogP) is 3.22. The number of benzene rings is 2. The van der Waals surface area contributed by atoms with Gasteiger partial charge in [-0.2, -0.15) is 8.42 Å². The summed E-state index contributed by atoms with van der Waals surface area (Å²) in [5.41, 5.74) is 3.92. The van der Waals surface area contributed by atoms with Crippen molar-refractivity contribution < 1.29 is 18.0 Å². The average Bonchev–Trinajstić information content (AvgIpc) is 3.10. The molecule has 5 rings (SSSR count). The summed E-state index contributed by atoms with van der Waals surface area (Å²) in [5.74, 6) is -0.0861. The van der Waals surface area contributed by atoms with Crippen molar-refractivity contribution in [3.8, 4) is 0 Å². The zero-order valence-electron chi connectivity index (χ0n) is 17.5. The first-order valence-corrected chi connectivity index (χ1v) is 12.3. The molecule has 0 unspecified atom stereocenters. The lowest BCUT2D eigenvalue weighted by Gasteiger charge is -2.36. The third kappa shape index (κ3) is 3.56. The quantitative estimate of drug-likeness (QED) is 0.727. The highest BCUT2D eigenvalue weighted by Gasteiger charge is 2.47. The van der Waals surface area contributed by atoms with E-state index in [1.165, 1.54) is 6.07 Å². The Labute approximate surface area is 186 Å². The van der Waals surface area contributed by atoms with E-state index in [-0.39, 0.29) is 22.5 Å². The molecular weight excluding hydrogens is 428 g/mol. The van der Waals surface area contributed by atoms with Gasteiger partial charge >= 0.3 is 0 Å². The monoisotopic (exact) mass is 452 g/mol. The summed E-state index contributed by atoms with van der Waals surface area (Å²) in [6, 6.07) is 13.4. The van der Waals surface area contributed by atoms with Gasteiger partial charge in [0.2, 0.25) is 5.91 Å². The zero-order valence-corrected chi connectivity index (χ0v) is 18.3. The molecule has 1 spiro atoms. The molecular formula is C23H24N4O4S. The number of hydrogen-bond donors (Lipinski definition) is 2. The van der Waals surface area contributed by atoms with Crippen LogP contribution in [-0.2, 0) is 14.8 Å². The van der Waals surface area contributed by atoms with E-state index in [0.717, 1.165) is 38.5 Å². The minimum atomic E-state index is -3.71. The van der Waals surface area contributed by atoms with E-state index in [4.69, 9.17) is 0 Å². The minimum Gasteiger partial charge on any atom is -0.339 e. The molecule has 0 atom stereocenters. The van der Waals surface area contributed by atoms with Crippen LogP contribution in [0, 0.1) is 0 Å². The lowest BCUT2D eigenvalue weighted by molar-refractivity contribution is -0.120. The summed E-state index contributed by atoms with van der Waals surface area (Å²) in [6.07, 6.45) is 6.27. The maximum atomic E-state index is 13.3. The molecule has 2 amide bonds. The lowest BCUT2D eigenvalue weighted by Crippen LogP contribution is -2.51. The van der Waals surface area contributed by atoms with Crippen molar-refractivity contribution >= 4 is 33.4 Å². The third-order valence-corrected chi connectivity index (χ3v) is 7.80. The fraction of sp³-hybridized carbons (Fsp3) is 0.348. The van der Waals surface area contributed by atoms with Gasteiger partial charge in [-0.25, -0.2) is 5.01 Å². The van der Waals surface area contributed by atoms with Crippen LogP contribution >= 0.6 is 0 Å². The van der Waals surface area contributed by atoms with E-state index in [2.05, 4.69) is 15.1 Å². The number of carbonyl (C=O) groups excluding carboxylic acids is 2. The number of hydrogen-bond acceptors (Lipinski definition) is 5. The molecule has 2 aliphatic heterocycles. The van der Waals surface area contributed by atoms with E-state index in [9.17, 15) is 18.0 Å². The van der Waals surface area contributed by atoms with Crippen molar-refractivity contribution in [3.63, 3.8) is 0 Å². The maximum Gasteiger partial charge on any atom is 0.285 e. The molecule has 32 heavy (non-hydrogen) atoms. The molecule has 0 radical (unpaired) electrons. The van der Waals surface area contributed by atoms with E-state index < -0.39 is 15.6 Å². The van der Waals surface area contributed by atoms with Gasteiger partial charge < -0.3 is 5.32 Å². The predicted molar refractivity (Wildman–Crippen MR) is 120 cm³/mol. The molecule has 166 valence electrons. The number of nitrogens with one attached hydrogen (secondary N) is 2. The van der Waals surface area contributed by atoms with E-state index in [0.29, 0.717) is 23.2 Å². The number of amides is 2. The number of hydrazine groups is 1. The van der Waals surface area contributed by atoms with E-state index in [1.54, 1.807) is 47.5 Å². The largest absolute Gasteiger partial charge is 0.339 e. The van der Waals surface area contributed by atoms with Gasteiger partial charge in [-0.15, -0.1) is 4.40 Å². The van der Waals surface area contributed by atoms with Gasteiger partial charge in [0.15, 0.2) is 5.84 Å². The van der Waals surface area contributed by atoms with Crippen molar-refractivity contribution in [1.29, 1.82) is 0 Å². The van der Waals surface area contributed by atoms with Crippen LogP contribution in [0.25, 0.3) is 0 Å². The van der Waals surface area contributed by atoms with Gasteiger partial charge in [0.05, 0.1) is 12.0 Å². The molecule has 1 aliphatic carbocycles. The number of anilines is 1. The highest BCUT2D eigenvalue weighted by atomic mass is 32.2. The third-order valence-electron chi connectivity index (χ3n) is 6.46. The second kappa shape index (κ2) is 7.74. The average molecular weight is 453 g/mol. The first-order chi connectivity index (χ1) is 15.4. The van der Waals surface area contributed by atoms with Crippen molar-refractivity contribution in [1.82, 2.24) is 10.4 Å². The van der Waals surface area contributed by atoms with E-state index in [1.807, 2.05) is 0 Å². The van der Waals surface area contributed by atoms with Gasteiger partial charge in [0.25, 0.3) is 15.9 Å². The first-order valence-electron chi connectivity index (χ1n) is 10.8. The van der Waals surface area contributed by atoms with Crippen LogP contribution < -0.4 is 10.7 Å². The van der Waals surface area contributed by atoms with Crippen LogP contribution in [0.1, 0.15) is 60.9 Å². The van der Waals surface area contributed by atoms with E-state index >= 15 is 0 Å². The van der Waals surface area contributed by atoms with Crippen LogP contribution in [0.2, 0.25) is 0 Å². The number of rotatable bonds is 2. The van der Waals surface area contributed by atoms with Crippen LogP contribution in [-0.4, -0.2) is 36.6 Å². The summed E-state index contributed by atoms with van der Waals surface area (Å²) in [6.45, 7) is 0. The summed E-state index contributed by atoms with van der Waals surface area (Å²) in [4.78, 5) is 25.6. The Hall–Kier alpha value is -3.20. The van der Waals surface area contributed by atoms with Crippen LogP contribution in [0.5, 0.6) is 0 Å². The van der Waals surface area contributed by atoms with Gasteiger partial charge in [-0.3, -0.25) is 15.0 Å². The molecule has 3 aliphatic rings. The lowest BCUT2D eigenvalue weighted by atomic mass is 9.87. The normalized spacial score (nSPS) is 20.9. The SMILES string of the molecule is O=C1CC2(CCCCCC2)N(C(=O)c2ccc(NC3=NS(=O)(=O)c4ccccc43)cc2)N1. The van der Waals surface area contributed by atoms with Crippen molar-refractivity contribution in [2.24, 2.45) is 4.40 Å². The van der Waals surface area contributed by atoms with Crippen LogP contribution in [0.15, 0.2) is 57.8 Å². The summed E-state index contributed by atoms with van der Waals surface area (Å²) < 4.78 is 28.3. The zero-order chi connectivity index (χ0) is 22.3. The number of carbonyl (C=O) groups is 2. The number of fused-ring (bicyclic) bond motifs is 1. The molecule has 2 N–H and O–H groups in total. The second-order valence-corrected chi connectivity index (χ2v) is 10.2. The van der Waals surface area contributed by atoms with Crippen molar-refractivity contribution in [2.45, 2.75) is 55.4 Å². The Bertz CT molecular complexity index is 1210. The summed E-state index contributed by atoms with van der Waals surface area (Å²) in [5, 5.41) is 4.59. The van der Waals surface area contributed by atoms with Gasteiger partial charge in [0.1, 0.15) is 4.90 Å². The molecule has 2 aromatic rings. The topological polar surface area (TPSA) is 108 Å². The number of nitrogens with zero attached hydrogens (tertiary/aromatic N) is 2. The van der Waals surface area contributed by atoms with Crippen LogP contribution in [0.3, 0.4) is 0 Å². The highest BCUT2D eigenvalue weighted by molar-refractivity contribution is 7.90.